The Morgan fingerprint density at radius 1 is 1.17 bits per heavy atom. The molecule has 2 aromatic heterocycles. The summed E-state index contributed by atoms with van der Waals surface area (Å²) in [7, 11) is 0. The zero-order chi connectivity index (χ0) is 16.6. The Bertz CT molecular complexity index is 962. The van der Waals surface area contributed by atoms with E-state index in [0.29, 0.717) is 21.9 Å². The second-order valence-corrected chi connectivity index (χ2v) is 5.71. The Kier molecular flexibility index (Phi) is 3.88. The van der Waals surface area contributed by atoms with Crippen LogP contribution in [0.1, 0.15) is 21.6 Å². The highest BCUT2D eigenvalue weighted by Gasteiger charge is 2.14. The highest BCUT2D eigenvalue weighted by Crippen LogP contribution is 2.13. The number of aryl methyl sites for hydroxylation is 2. The van der Waals surface area contributed by atoms with Crippen LogP contribution in [0.15, 0.2) is 47.4 Å². The predicted molar refractivity (Wildman–Crippen MR) is 90.3 cm³/mol. The van der Waals surface area contributed by atoms with E-state index in [9.17, 15) is 9.59 Å². The van der Waals surface area contributed by atoms with Gasteiger partial charge in [0.15, 0.2) is 0 Å². The van der Waals surface area contributed by atoms with E-state index in [1.165, 1.54) is 4.40 Å². The fourth-order valence-electron chi connectivity index (χ4n) is 2.28. The van der Waals surface area contributed by atoms with E-state index >= 15 is 0 Å². The molecule has 0 atom stereocenters. The van der Waals surface area contributed by atoms with E-state index in [2.05, 4.69) is 10.3 Å². The monoisotopic (exact) mass is 327 g/mol. The third-order valence-corrected chi connectivity index (χ3v) is 3.76. The van der Waals surface area contributed by atoms with Crippen molar-refractivity contribution in [3.63, 3.8) is 0 Å². The number of amides is 1. The van der Waals surface area contributed by atoms with Gasteiger partial charge in [-0.2, -0.15) is 0 Å². The molecule has 3 aromatic rings. The van der Waals surface area contributed by atoms with Gasteiger partial charge in [0.1, 0.15) is 11.3 Å². The zero-order valence-electron chi connectivity index (χ0n) is 12.6. The second kappa shape index (κ2) is 5.85. The number of nitrogens with one attached hydrogen (secondary N) is 1. The molecule has 6 heteroatoms. The van der Waals surface area contributed by atoms with E-state index in [-0.39, 0.29) is 17.2 Å². The Labute approximate surface area is 137 Å². The number of aromatic nitrogens is 2. The van der Waals surface area contributed by atoms with Crippen LogP contribution in [0, 0.1) is 13.8 Å². The first-order valence-electron chi connectivity index (χ1n) is 7.02. The summed E-state index contributed by atoms with van der Waals surface area (Å²) < 4.78 is 1.41. The summed E-state index contributed by atoms with van der Waals surface area (Å²) in [4.78, 5) is 29.2. The summed E-state index contributed by atoms with van der Waals surface area (Å²) >= 11 is 5.81. The van der Waals surface area contributed by atoms with Crippen LogP contribution in [0.2, 0.25) is 5.02 Å². The largest absolute Gasteiger partial charge is 0.316 e. The molecule has 1 aromatic carbocycles. The van der Waals surface area contributed by atoms with Crippen molar-refractivity contribution in [2.24, 2.45) is 0 Å². The van der Waals surface area contributed by atoms with E-state index < -0.39 is 0 Å². The Hall–Kier alpha value is -2.66. The van der Waals surface area contributed by atoms with Crippen molar-refractivity contribution < 1.29 is 4.79 Å². The summed E-state index contributed by atoms with van der Waals surface area (Å²) in [5, 5.41) is 3.19. The molecule has 1 amide bonds. The Balaban J connectivity index is 2.03. The molecule has 0 radical (unpaired) electrons. The Morgan fingerprint density at radius 2 is 1.87 bits per heavy atom. The van der Waals surface area contributed by atoms with Crippen LogP contribution >= 0.6 is 11.6 Å². The minimum absolute atomic E-state index is 0.173. The third kappa shape index (κ3) is 2.96. The maximum Gasteiger partial charge on any atom is 0.281 e. The number of carbonyl (C=O) groups excluding carboxylic acids is 1. The Morgan fingerprint density at radius 3 is 2.57 bits per heavy atom. The van der Waals surface area contributed by atoms with Gasteiger partial charge in [-0.15, -0.1) is 0 Å². The lowest BCUT2D eigenvalue weighted by Gasteiger charge is -2.10. The quantitative estimate of drug-likeness (QED) is 0.786. The van der Waals surface area contributed by atoms with Crippen molar-refractivity contribution in [1.29, 1.82) is 0 Å². The van der Waals surface area contributed by atoms with Crippen molar-refractivity contribution in [3.8, 4) is 0 Å². The molecule has 0 aliphatic carbocycles. The molecule has 5 nitrogen and oxygen atoms in total. The first-order chi connectivity index (χ1) is 11.0. The topological polar surface area (TPSA) is 63.5 Å². The van der Waals surface area contributed by atoms with Crippen LogP contribution in [0.25, 0.3) is 5.65 Å². The fraction of sp³-hybridized carbons (Fsp3) is 0.118. The minimum atomic E-state index is -0.379. The number of nitrogens with zero attached hydrogens (tertiary/aromatic N) is 2. The first-order valence-corrected chi connectivity index (χ1v) is 7.40. The average molecular weight is 328 g/mol. The molecule has 2 heterocycles. The highest BCUT2D eigenvalue weighted by atomic mass is 35.5. The van der Waals surface area contributed by atoms with Crippen LogP contribution in [-0.2, 0) is 0 Å². The first kappa shape index (κ1) is 15.2. The van der Waals surface area contributed by atoms with Crippen LogP contribution in [0.3, 0.4) is 0 Å². The lowest BCUT2D eigenvalue weighted by Crippen LogP contribution is -2.25. The number of pyridine rings is 1. The summed E-state index contributed by atoms with van der Waals surface area (Å²) in [5.74, 6) is -0.379. The molecule has 0 aliphatic heterocycles. The molecule has 116 valence electrons. The normalized spacial score (nSPS) is 10.7. The molecule has 0 bridgehead atoms. The summed E-state index contributed by atoms with van der Waals surface area (Å²) in [6, 6.07) is 10.1. The molecule has 0 spiro atoms. The van der Waals surface area contributed by atoms with Crippen LogP contribution in [0.5, 0.6) is 0 Å². The maximum absolute atomic E-state index is 12.6. The zero-order valence-corrected chi connectivity index (χ0v) is 13.4. The predicted octanol–water partition coefficient (Wildman–Crippen LogP) is 3.22. The molecule has 1 N–H and O–H groups in total. The van der Waals surface area contributed by atoms with Gasteiger partial charge in [-0.1, -0.05) is 11.6 Å². The lowest BCUT2D eigenvalue weighted by atomic mass is 10.2. The van der Waals surface area contributed by atoms with Crippen molar-refractivity contribution in [2.75, 3.05) is 5.32 Å². The number of hydrogen-bond donors (Lipinski definition) is 1. The van der Waals surface area contributed by atoms with Gasteiger partial charge < -0.3 is 5.32 Å². The summed E-state index contributed by atoms with van der Waals surface area (Å²) in [5.41, 5.74) is 2.32. The molecule has 23 heavy (non-hydrogen) atoms. The van der Waals surface area contributed by atoms with Gasteiger partial charge in [-0.3, -0.25) is 14.0 Å². The number of rotatable bonds is 2. The number of fused-ring (bicyclic) bond motifs is 1. The van der Waals surface area contributed by atoms with Gasteiger partial charge in [0.25, 0.3) is 11.5 Å². The summed E-state index contributed by atoms with van der Waals surface area (Å²) in [6.45, 7) is 3.62. The van der Waals surface area contributed by atoms with E-state index in [4.69, 9.17) is 11.6 Å². The fourth-order valence-corrected chi connectivity index (χ4v) is 2.41. The van der Waals surface area contributed by atoms with Crippen molar-refractivity contribution >= 4 is 28.8 Å². The third-order valence-electron chi connectivity index (χ3n) is 3.51. The minimum Gasteiger partial charge on any atom is -0.316 e. The van der Waals surface area contributed by atoms with Crippen molar-refractivity contribution in [3.05, 3.63) is 74.8 Å². The van der Waals surface area contributed by atoms with Crippen molar-refractivity contribution in [2.45, 2.75) is 13.8 Å². The van der Waals surface area contributed by atoms with Gasteiger partial charge >= 0.3 is 0 Å². The smallest absolute Gasteiger partial charge is 0.281 e. The number of anilines is 1. The molecule has 0 saturated carbocycles. The molecule has 0 unspecified atom stereocenters. The number of carbonyl (C=O) groups is 1. The maximum atomic E-state index is 12.6. The van der Waals surface area contributed by atoms with E-state index in [0.717, 1.165) is 5.56 Å². The molecule has 3 rings (SSSR count). The van der Waals surface area contributed by atoms with Gasteiger partial charge in [0.05, 0.1) is 5.69 Å². The SMILES string of the molecule is Cc1ccn2c(=O)c(NC(=O)c3ccc(Cl)cc3)c(C)nc2c1. The van der Waals surface area contributed by atoms with E-state index in [1.54, 1.807) is 37.4 Å². The van der Waals surface area contributed by atoms with Crippen molar-refractivity contribution in [1.82, 2.24) is 9.38 Å². The molecule has 0 saturated heterocycles. The standard InChI is InChI=1S/C17H14ClN3O2/c1-10-7-8-21-14(9-10)19-11(2)15(17(21)23)20-16(22)12-3-5-13(18)6-4-12/h3-9H,1-2H3,(H,20,22). The van der Waals surface area contributed by atoms with Crippen LogP contribution < -0.4 is 10.9 Å². The molecular weight excluding hydrogens is 314 g/mol. The van der Waals surface area contributed by atoms with Gasteiger partial charge in [-0.25, -0.2) is 4.98 Å². The second-order valence-electron chi connectivity index (χ2n) is 5.27. The van der Waals surface area contributed by atoms with Gasteiger partial charge in [0, 0.05) is 16.8 Å². The van der Waals surface area contributed by atoms with E-state index in [1.807, 2.05) is 19.1 Å². The molecular formula is C17H14ClN3O2. The molecule has 0 aliphatic rings. The van der Waals surface area contributed by atoms with Gasteiger partial charge in [-0.05, 0) is 55.8 Å². The highest BCUT2D eigenvalue weighted by molar-refractivity contribution is 6.30. The number of halogens is 1. The number of benzene rings is 1. The number of hydrogen-bond acceptors (Lipinski definition) is 3. The molecule has 0 fully saturated rings. The van der Waals surface area contributed by atoms with Crippen LogP contribution in [0.4, 0.5) is 5.69 Å². The average Bonchev–Trinajstić information content (AvgIpc) is 2.51. The summed E-state index contributed by atoms with van der Waals surface area (Å²) in [6.07, 6.45) is 1.65. The van der Waals surface area contributed by atoms with Gasteiger partial charge in [0.2, 0.25) is 0 Å². The van der Waals surface area contributed by atoms with Crippen LogP contribution in [-0.4, -0.2) is 15.3 Å². The lowest BCUT2D eigenvalue weighted by molar-refractivity contribution is 0.102.